The van der Waals surface area contributed by atoms with Crippen molar-refractivity contribution >= 4 is 15.9 Å². The number of alkyl halides is 1. The number of hydrogen-bond donors (Lipinski definition) is 1. The normalized spacial score (nSPS) is 42.2. The van der Waals surface area contributed by atoms with Gasteiger partial charge in [0.15, 0.2) is 0 Å². The second kappa shape index (κ2) is 3.64. The Bertz CT molecular complexity index is 157. The van der Waals surface area contributed by atoms with Gasteiger partial charge in [0, 0.05) is 17.3 Å². The first kappa shape index (κ1) is 8.97. The van der Waals surface area contributed by atoms with E-state index in [1.807, 2.05) is 0 Å². The molecule has 2 fully saturated rings. The van der Waals surface area contributed by atoms with Crippen molar-refractivity contribution < 1.29 is 4.74 Å². The van der Waals surface area contributed by atoms with Crippen LogP contribution in [0.1, 0.15) is 19.3 Å². The Kier molecular flexibility index (Phi) is 2.72. The summed E-state index contributed by atoms with van der Waals surface area (Å²) in [5.74, 6) is 0. The van der Waals surface area contributed by atoms with Gasteiger partial charge in [0.1, 0.15) is 0 Å². The van der Waals surface area contributed by atoms with E-state index in [0.29, 0.717) is 11.5 Å². The number of halogens is 1. The van der Waals surface area contributed by atoms with E-state index in [1.165, 1.54) is 25.8 Å². The summed E-state index contributed by atoms with van der Waals surface area (Å²) in [4.78, 5) is 0. The van der Waals surface area contributed by atoms with E-state index in [0.717, 1.165) is 18.5 Å². The van der Waals surface area contributed by atoms with Gasteiger partial charge >= 0.3 is 0 Å². The molecule has 0 amide bonds. The largest absolute Gasteiger partial charge is 0.377 e. The highest BCUT2D eigenvalue weighted by Crippen LogP contribution is 2.38. The number of piperidine rings is 1. The predicted molar refractivity (Wildman–Crippen MR) is 52.7 cm³/mol. The van der Waals surface area contributed by atoms with Crippen LogP contribution in [0.5, 0.6) is 0 Å². The maximum atomic E-state index is 5.71. The predicted octanol–water partition coefficient (Wildman–Crippen LogP) is 1.54. The van der Waals surface area contributed by atoms with Crippen molar-refractivity contribution in [2.45, 2.75) is 25.4 Å². The summed E-state index contributed by atoms with van der Waals surface area (Å²) in [5, 5.41) is 4.46. The second-order valence-corrected chi connectivity index (χ2v) is 4.72. The third-order valence-corrected chi connectivity index (χ3v) is 3.74. The Morgan fingerprint density at radius 1 is 1.58 bits per heavy atom. The minimum Gasteiger partial charge on any atom is -0.377 e. The van der Waals surface area contributed by atoms with Gasteiger partial charge in [-0.2, -0.15) is 0 Å². The highest BCUT2D eigenvalue weighted by Gasteiger charge is 2.40. The fourth-order valence-corrected chi connectivity index (χ4v) is 2.74. The molecular weight excluding hydrogens is 218 g/mol. The molecule has 2 unspecified atom stereocenters. The van der Waals surface area contributed by atoms with Crippen LogP contribution in [0.25, 0.3) is 0 Å². The molecule has 0 aliphatic carbocycles. The molecule has 0 radical (unpaired) electrons. The van der Waals surface area contributed by atoms with Crippen LogP contribution < -0.4 is 5.32 Å². The monoisotopic (exact) mass is 233 g/mol. The van der Waals surface area contributed by atoms with Gasteiger partial charge in [-0.15, -0.1) is 0 Å². The summed E-state index contributed by atoms with van der Waals surface area (Å²) in [5.41, 5.74) is 0.483. The maximum absolute atomic E-state index is 5.71. The summed E-state index contributed by atoms with van der Waals surface area (Å²) in [6, 6.07) is 0. The van der Waals surface area contributed by atoms with E-state index in [4.69, 9.17) is 4.74 Å². The van der Waals surface area contributed by atoms with Gasteiger partial charge in [-0.3, -0.25) is 0 Å². The quantitative estimate of drug-likeness (QED) is 0.695. The molecule has 2 rings (SSSR count). The minimum atomic E-state index is 0.463. The molecule has 12 heavy (non-hydrogen) atoms. The lowest BCUT2D eigenvalue weighted by molar-refractivity contribution is 0.0997. The van der Waals surface area contributed by atoms with E-state index in [2.05, 4.69) is 21.2 Å². The first-order chi connectivity index (χ1) is 5.85. The zero-order valence-corrected chi connectivity index (χ0v) is 8.90. The molecule has 0 aromatic rings. The van der Waals surface area contributed by atoms with Crippen LogP contribution in [0.2, 0.25) is 0 Å². The standard InChI is InChI=1S/C9H16BrNO/c10-5-8-4-9(7-12-8)2-1-3-11-6-9/h8,11H,1-7H2. The average molecular weight is 234 g/mol. The summed E-state index contributed by atoms with van der Waals surface area (Å²) < 4.78 is 5.71. The second-order valence-electron chi connectivity index (χ2n) is 4.07. The van der Waals surface area contributed by atoms with Crippen molar-refractivity contribution in [3.63, 3.8) is 0 Å². The first-order valence-corrected chi connectivity index (χ1v) is 5.85. The van der Waals surface area contributed by atoms with Gasteiger partial charge in [0.05, 0.1) is 12.7 Å². The molecule has 2 atom stereocenters. The molecule has 3 heteroatoms. The van der Waals surface area contributed by atoms with Crippen LogP contribution in [0.15, 0.2) is 0 Å². The molecular formula is C9H16BrNO. The zero-order valence-electron chi connectivity index (χ0n) is 7.31. The summed E-state index contributed by atoms with van der Waals surface area (Å²) >= 11 is 3.48. The molecule has 2 aliphatic rings. The van der Waals surface area contributed by atoms with Crippen LogP contribution in [0.4, 0.5) is 0 Å². The van der Waals surface area contributed by atoms with Gasteiger partial charge in [-0.25, -0.2) is 0 Å². The van der Waals surface area contributed by atoms with E-state index >= 15 is 0 Å². The highest BCUT2D eigenvalue weighted by molar-refractivity contribution is 9.09. The molecule has 2 heterocycles. The van der Waals surface area contributed by atoms with Crippen molar-refractivity contribution in [1.82, 2.24) is 5.32 Å². The van der Waals surface area contributed by atoms with Gasteiger partial charge in [0.25, 0.3) is 0 Å². The minimum absolute atomic E-state index is 0.463. The summed E-state index contributed by atoms with van der Waals surface area (Å²) in [7, 11) is 0. The van der Waals surface area contributed by atoms with Gasteiger partial charge in [0.2, 0.25) is 0 Å². The summed E-state index contributed by atoms with van der Waals surface area (Å²) in [6.45, 7) is 3.33. The third kappa shape index (κ3) is 1.68. The Labute approximate surface area is 82.2 Å². The van der Waals surface area contributed by atoms with Crippen LogP contribution >= 0.6 is 15.9 Å². The van der Waals surface area contributed by atoms with Crippen LogP contribution in [0, 0.1) is 5.41 Å². The molecule has 0 aromatic heterocycles. The van der Waals surface area contributed by atoms with Crippen molar-refractivity contribution in [3.8, 4) is 0 Å². The summed E-state index contributed by atoms with van der Waals surface area (Å²) in [6.07, 6.45) is 4.37. The fourth-order valence-electron chi connectivity index (χ4n) is 2.32. The van der Waals surface area contributed by atoms with Gasteiger partial charge in [-0.05, 0) is 25.8 Å². The Morgan fingerprint density at radius 3 is 3.08 bits per heavy atom. The molecule has 0 aromatic carbocycles. The molecule has 0 bridgehead atoms. The highest BCUT2D eigenvalue weighted by atomic mass is 79.9. The van der Waals surface area contributed by atoms with Crippen molar-refractivity contribution in [3.05, 3.63) is 0 Å². The van der Waals surface area contributed by atoms with Gasteiger partial charge < -0.3 is 10.1 Å². The lowest BCUT2D eigenvalue weighted by atomic mass is 9.79. The third-order valence-electron chi connectivity index (χ3n) is 3.02. The lowest BCUT2D eigenvalue weighted by Crippen LogP contribution is -2.40. The zero-order chi connectivity index (χ0) is 8.44. The molecule has 2 aliphatic heterocycles. The SMILES string of the molecule is BrCC1CC2(CCCNC2)CO1. The van der Waals surface area contributed by atoms with E-state index in [-0.39, 0.29) is 0 Å². The van der Waals surface area contributed by atoms with Gasteiger partial charge in [-0.1, -0.05) is 15.9 Å². The number of nitrogens with one attached hydrogen (secondary N) is 1. The molecule has 2 saturated heterocycles. The van der Waals surface area contributed by atoms with E-state index in [9.17, 15) is 0 Å². The molecule has 0 saturated carbocycles. The first-order valence-electron chi connectivity index (χ1n) is 4.73. The molecule has 1 spiro atoms. The molecule has 70 valence electrons. The van der Waals surface area contributed by atoms with E-state index in [1.54, 1.807) is 0 Å². The fraction of sp³-hybridized carbons (Fsp3) is 1.00. The topological polar surface area (TPSA) is 21.3 Å². The van der Waals surface area contributed by atoms with Crippen molar-refractivity contribution in [1.29, 1.82) is 0 Å². The van der Waals surface area contributed by atoms with Crippen LogP contribution in [-0.2, 0) is 4.74 Å². The number of ether oxygens (including phenoxy) is 1. The Hall–Kier alpha value is 0.400. The Balaban J connectivity index is 1.94. The number of hydrogen-bond acceptors (Lipinski definition) is 2. The lowest BCUT2D eigenvalue weighted by Gasteiger charge is -2.32. The number of rotatable bonds is 1. The van der Waals surface area contributed by atoms with E-state index < -0.39 is 0 Å². The van der Waals surface area contributed by atoms with Crippen LogP contribution in [0.3, 0.4) is 0 Å². The smallest absolute Gasteiger partial charge is 0.0678 e. The van der Waals surface area contributed by atoms with Crippen molar-refractivity contribution in [2.24, 2.45) is 5.41 Å². The maximum Gasteiger partial charge on any atom is 0.0678 e. The molecule has 2 nitrogen and oxygen atoms in total. The average Bonchev–Trinajstić information content (AvgIpc) is 2.50. The molecule has 1 N–H and O–H groups in total. The van der Waals surface area contributed by atoms with Crippen molar-refractivity contribution in [2.75, 3.05) is 25.0 Å². The van der Waals surface area contributed by atoms with Crippen LogP contribution in [-0.4, -0.2) is 31.1 Å². The Morgan fingerprint density at radius 2 is 2.50 bits per heavy atom.